The van der Waals surface area contributed by atoms with Gasteiger partial charge in [0.15, 0.2) is 0 Å². The maximum Gasteiger partial charge on any atom is 0.229 e. The molecule has 0 aromatic carbocycles. The van der Waals surface area contributed by atoms with E-state index in [9.17, 15) is 5.11 Å². The van der Waals surface area contributed by atoms with E-state index >= 15 is 0 Å². The smallest absolute Gasteiger partial charge is 0.229 e. The van der Waals surface area contributed by atoms with Gasteiger partial charge in [0.1, 0.15) is 5.60 Å². The number of nitrogens with zero attached hydrogens (tertiary/aromatic N) is 2. The second-order valence-corrected chi connectivity index (χ2v) is 6.23. The van der Waals surface area contributed by atoms with E-state index in [2.05, 4.69) is 10.1 Å². The van der Waals surface area contributed by atoms with Gasteiger partial charge in [0.05, 0.1) is 12.0 Å². The molecule has 0 bridgehead atoms. The zero-order valence-electron chi connectivity index (χ0n) is 13.1. The third-order valence-electron chi connectivity index (χ3n) is 4.18. The lowest BCUT2D eigenvalue weighted by Gasteiger charge is -2.29. The maximum atomic E-state index is 10.0. The molecule has 1 atom stereocenters. The Balaban J connectivity index is 2.19. The van der Waals surface area contributed by atoms with Gasteiger partial charge in [0.2, 0.25) is 11.7 Å². The fourth-order valence-electron chi connectivity index (χ4n) is 2.92. The van der Waals surface area contributed by atoms with E-state index < -0.39 is 11.2 Å². The summed E-state index contributed by atoms with van der Waals surface area (Å²) in [5, 5.41) is 14.2. The second-order valence-electron chi connectivity index (χ2n) is 6.23. The quantitative estimate of drug-likeness (QED) is 0.779. The van der Waals surface area contributed by atoms with Gasteiger partial charge < -0.3 is 20.1 Å². The molecule has 0 saturated heterocycles. The minimum atomic E-state index is -1.02. The number of nitrogens with two attached hydrogens (primary N) is 1. The molecule has 6 nitrogen and oxygen atoms in total. The molecule has 1 fully saturated rings. The molecule has 1 aliphatic carbocycles. The highest BCUT2D eigenvalue weighted by Gasteiger charge is 2.38. The highest BCUT2D eigenvalue weighted by Crippen LogP contribution is 2.38. The number of hydrogen-bond acceptors (Lipinski definition) is 6. The second kappa shape index (κ2) is 6.85. The van der Waals surface area contributed by atoms with E-state index in [0.29, 0.717) is 18.3 Å². The van der Waals surface area contributed by atoms with Crippen molar-refractivity contribution in [2.75, 3.05) is 13.2 Å². The summed E-state index contributed by atoms with van der Waals surface area (Å²) in [6, 6.07) is 0. The summed E-state index contributed by atoms with van der Waals surface area (Å²) in [4.78, 5) is 4.48. The molecule has 0 aliphatic heterocycles. The van der Waals surface area contributed by atoms with Crippen molar-refractivity contribution in [1.82, 2.24) is 10.1 Å². The minimum Gasteiger partial charge on any atom is -0.388 e. The van der Waals surface area contributed by atoms with Crippen LogP contribution in [0.25, 0.3) is 0 Å². The summed E-state index contributed by atoms with van der Waals surface area (Å²) in [6.07, 6.45) is 6.79. The van der Waals surface area contributed by atoms with Crippen molar-refractivity contribution >= 4 is 0 Å². The van der Waals surface area contributed by atoms with Gasteiger partial charge in [0.25, 0.3) is 0 Å². The SMILES string of the molecule is CCOC1(c2noc(CC(C)(O)CN)n2)CCCCCC1. The zero-order chi connectivity index (χ0) is 15.3. The molecule has 1 heterocycles. The molecule has 1 saturated carbocycles. The number of hydrogen-bond donors (Lipinski definition) is 2. The predicted octanol–water partition coefficient (Wildman–Crippen LogP) is 1.91. The standard InChI is InChI=1S/C15H27N3O3/c1-3-20-15(8-6-4-5-7-9-15)13-17-12(21-18-13)10-14(2,19)11-16/h19H,3-11,16H2,1-2H3. The molecule has 3 N–H and O–H groups in total. The first-order chi connectivity index (χ1) is 10.0. The van der Waals surface area contributed by atoms with Crippen LogP contribution in [-0.4, -0.2) is 34.0 Å². The van der Waals surface area contributed by atoms with Crippen LogP contribution in [0.1, 0.15) is 64.1 Å². The lowest BCUT2D eigenvalue weighted by Crippen LogP contribution is -2.36. The Morgan fingerprint density at radius 1 is 1.33 bits per heavy atom. The Morgan fingerprint density at radius 2 is 2.00 bits per heavy atom. The van der Waals surface area contributed by atoms with Crippen molar-refractivity contribution < 1.29 is 14.4 Å². The van der Waals surface area contributed by atoms with E-state index in [1.165, 1.54) is 12.8 Å². The molecule has 1 aromatic rings. The molecule has 1 aromatic heterocycles. The number of rotatable bonds is 6. The summed E-state index contributed by atoms with van der Waals surface area (Å²) in [5.41, 5.74) is 4.08. The van der Waals surface area contributed by atoms with Crippen LogP contribution in [0.2, 0.25) is 0 Å². The van der Waals surface area contributed by atoms with Crippen LogP contribution < -0.4 is 5.73 Å². The summed E-state index contributed by atoms with van der Waals surface area (Å²) < 4.78 is 11.3. The van der Waals surface area contributed by atoms with Gasteiger partial charge in [-0.15, -0.1) is 0 Å². The van der Waals surface area contributed by atoms with Crippen LogP contribution in [0.4, 0.5) is 0 Å². The normalized spacial score (nSPS) is 21.7. The van der Waals surface area contributed by atoms with Crippen LogP contribution in [0.3, 0.4) is 0 Å². The fourth-order valence-corrected chi connectivity index (χ4v) is 2.92. The largest absolute Gasteiger partial charge is 0.388 e. The molecule has 0 spiro atoms. The van der Waals surface area contributed by atoms with E-state index in [1.807, 2.05) is 6.92 Å². The number of aliphatic hydroxyl groups is 1. The molecular formula is C15H27N3O3. The first-order valence-corrected chi connectivity index (χ1v) is 7.91. The summed E-state index contributed by atoms with van der Waals surface area (Å²) >= 11 is 0. The first-order valence-electron chi connectivity index (χ1n) is 7.91. The molecule has 0 amide bonds. The Morgan fingerprint density at radius 3 is 2.57 bits per heavy atom. The first kappa shape index (κ1) is 16.4. The minimum absolute atomic E-state index is 0.154. The average Bonchev–Trinajstić information content (AvgIpc) is 2.78. The zero-order valence-corrected chi connectivity index (χ0v) is 13.1. The Hall–Kier alpha value is -0.980. The lowest BCUT2D eigenvalue weighted by atomic mass is 9.93. The Labute approximate surface area is 126 Å². The van der Waals surface area contributed by atoms with Crippen LogP contribution in [0, 0.1) is 0 Å². The van der Waals surface area contributed by atoms with E-state index in [-0.39, 0.29) is 13.0 Å². The maximum absolute atomic E-state index is 10.0. The van der Waals surface area contributed by atoms with Gasteiger partial charge in [-0.2, -0.15) is 4.98 Å². The van der Waals surface area contributed by atoms with Crippen molar-refractivity contribution in [3.05, 3.63) is 11.7 Å². The van der Waals surface area contributed by atoms with E-state index in [0.717, 1.165) is 25.7 Å². The Bertz CT molecular complexity index is 437. The van der Waals surface area contributed by atoms with Crippen molar-refractivity contribution in [2.45, 2.75) is 70.0 Å². The highest BCUT2D eigenvalue weighted by atomic mass is 16.5. The van der Waals surface area contributed by atoms with Gasteiger partial charge in [-0.3, -0.25) is 0 Å². The third kappa shape index (κ3) is 4.02. The molecular weight excluding hydrogens is 270 g/mol. The van der Waals surface area contributed by atoms with Crippen LogP contribution in [-0.2, 0) is 16.8 Å². The van der Waals surface area contributed by atoms with Gasteiger partial charge in [-0.1, -0.05) is 30.8 Å². The highest BCUT2D eigenvalue weighted by molar-refractivity contribution is 5.04. The molecule has 1 aliphatic rings. The Kier molecular flexibility index (Phi) is 5.35. The molecule has 0 radical (unpaired) electrons. The summed E-state index contributed by atoms with van der Waals surface area (Å²) in [7, 11) is 0. The number of ether oxygens (including phenoxy) is 1. The molecule has 1 unspecified atom stereocenters. The van der Waals surface area contributed by atoms with E-state index in [1.54, 1.807) is 6.92 Å². The van der Waals surface area contributed by atoms with Crippen molar-refractivity contribution in [3.8, 4) is 0 Å². The van der Waals surface area contributed by atoms with Crippen molar-refractivity contribution in [1.29, 1.82) is 0 Å². The van der Waals surface area contributed by atoms with Crippen LogP contribution in [0.15, 0.2) is 4.52 Å². The van der Waals surface area contributed by atoms with Crippen molar-refractivity contribution in [2.24, 2.45) is 5.73 Å². The van der Waals surface area contributed by atoms with E-state index in [4.69, 9.17) is 15.0 Å². The van der Waals surface area contributed by atoms with Gasteiger partial charge in [0, 0.05) is 13.2 Å². The monoisotopic (exact) mass is 297 g/mol. The number of aromatic nitrogens is 2. The summed E-state index contributed by atoms with van der Waals surface area (Å²) in [5.74, 6) is 1.04. The summed E-state index contributed by atoms with van der Waals surface area (Å²) in [6.45, 7) is 4.44. The third-order valence-corrected chi connectivity index (χ3v) is 4.18. The molecule has 2 rings (SSSR count). The molecule has 21 heavy (non-hydrogen) atoms. The van der Waals surface area contributed by atoms with Crippen LogP contribution >= 0.6 is 0 Å². The van der Waals surface area contributed by atoms with Gasteiger partial charge in [-0.05, 0) is 26.7 Å². The predicted molar refractivity (Wildman–Crippen MR) is 78.7 cm³/mol. The molecule has 6 heteroatoms. The van der Waals surface area contributed by atoms with Gasteiger partial charge in [-0.25, -0.2) is 0 Å². The fraction of sp³-hybridized carbons (Fsp3) is 0.867. The van der Waals surface area contributed by atoms with Crippen LogP contribution in [0.5, 0.6) is 0 Å². The lowest BCUT2D eigenvalue weighted by molar-refractivity contribution is -0.0636. The van der Waals surface area contributed by atoms with Gasteiger partial charge >= 0.3 is 0 Å². The topological polar surface area (TPSA) is 94.4 Å². The average molecular weight is 297 g/mol. The van der Waals surface area contributed by atoms with Crippen molar-refractivity contribution in [3.63, 3.8) is 0 Å². The molecule has 120 valence electrons.